The monoisotopic (exact) mass is 295 g/mol. The molecule has 5 nitrogen and oxygen atoms in total. The zero-order valence-corrected chi connectivity index (χ0v) is 11.9. The fourth-order valence-electron chi connectivity index (χ4n) is 1.68. The number of carbonyl (C=O) groups is 1. The van der Waals surface area contributed by atoms with Gasteiger partial charge in [0.15, 0.2) is 11.5 Å². The summed E-state index contributed by atoms with van der Waals surface area (Å²) in [5.74, 6) is 0.371. The Kier molecular flexibility index (Phi) is 6.76. The van der Waals surface area contributed by atoms with Gasteiger partial charge in [-0.15, -0.1) is 12.4 Å². The van der Waals surface area contributed by atoms with Crippen molar-refractivity contribution in [2.45, 2.75) is 12.8 Å². The molecule has 20 heavy (non-hydrogen) atoms. The molecule has 0 aliphatic heterocycles. The second kappa shape index (κ2) is 8.35. The maximum Gasteiger partial charge on any atom is 0.273 e. The first-order valence-corrected chi connectivity index (χ1v) is 6.31. The van der Waals surface area contributed by atoms with Crippen LogP contribution in [0.3, 0.4) is 0 Å². The molecule has 0 saturated carbocycles. The van der Waals surface area contributed by atoms with Gasteiger partial charge >= 0.3 is 0 Å². The highest BCUT2D eigenvalue weighted by atomic mass is 35.5. The van der Waals surface area contributed by atoms with Gasteiger partial charge in [-0.2, -0.15) is 0 Å². The Labute approximate surface area is 123 Å². The van der Waals surface area contributed by atoms with E-state index < -0.39 is 0 Å². The summed E-state index contributed by atoms with van der Waals surface area (Å²) in [6.45, 7) is 1.24. The van der Waals surface area contributed by atoms with E-state index in [2.05, 4.69) is 10.5 Å². The van der Waals surface area contributed by atoms with Gasteiger partial charge in [0.05, 0.1) is 0 Å². The molecule has 3 N–H and O–H groups in total. The molecular formula is C14H18ClN3O2. The normalized spacial score (nSPS) is 9.85. The molecule has 108 valence electrons. The van der Waals surface area contributed by atoms with E-state index >= 15 is 0 Å². The van der Waals surface area contributed by atoms with E-state index in [1.165, 1.54) is 0 Å². The van der Waals surface area contributed by atoms with Gasteiger partial charge in [0.2, 0.25) is 0 Å². The Hall–Kier alpha value is -1.85. The third kappa shape index (κ3) is 4.36. The Morgan fingerprint density at radius 3 is 2.70 bits per heavy atom. The van der Waals surface area contributed by atoms with Gasteiger partial charge < -0.3 is 15.6 Å². The third-order valence-electron chi connectivity index (χ3n) is 2.72. The van der Waals surface area contributed by atoms with Crippen molar-refractivity contribution in [1.29, 1.82) is 0 Å². The minimum absolute atomic E-state index is 0. The Morgan fingerprint density at radius 1 is 1.25 bits per heavy atom. The van der Waals surface area contributed by atoms with Crippen molar-refractivity contribution >= 4 is 18.3 Å². The number of amides is 1. The first-order chi connectivity index (χ1) is 9.31. The number of unbranched alkanes of at least 4 members (excludes halogenated alkanes) is 1. The number of rotatable bonds is 6. The van der Waals surface area contributed by atoms with Crippen molar-refractivity contribution in [2.75, 3.05) is 13.1 Å². The molecule has 0 unspecified atom stereocenters. The maximum absolute atomic E-state index is 11.8. The minimum Gasteiger partial charge on any atom is -0.355 e. The molecule has 0 atom stereocenters. The van der Waals surface area contributed by atoms with E-state index in [9.17, 15) is 4.79 Å². The second-order valence-electron chi connectivity index (χ2n) is 4.19. The van der Waals surface area contributed by atoms with Crippen LogP contribution in [0.1, 0.15) is 23.3 Å². The van der Waals surface area contributed by atoms with Gasteiger partial charge in [0.1, 0.15) is 0 Å². The smallest absolute Gasteiger partial charge is 0.273 e. The number of halogens is 1. The molecular weight excluding hydrogens is 278 g/mol. The molecule has 0 spiro atoms. The summed E-state index contributed by atoms with van der Waals surface area (Å²) in [5.41, 5.74) is 6.58. The maximum atomic E-state index is 11.8. The number of benzene rings is 1. The zero-order valence-electron chi connectivity index (χ0n) is 11.0. The van der Waals surface area contributed by atoms with Gasteiger partial charge in [-0.3, -0.25) is 4.79 Å². The van der Waals surface area contributed by atoms with E-state index in [4.69, 9.17) is 10.3 Å². The lowest BCUT2D eigenvalue weighted by molar-refractivity contribution is 0.0944. The van der Waals surface area contributed by atoms with Crippen LogP contribution in [0.25, 0.3) is 11.3 Å². The van der Waals surface area contributed by atoms with Crippen LogP contribution >= 0.6 is 12.4 Å². The number of aromatic nitrogens is 1. The van der Waals surface area contributed by atoms with E-state index in [1.807, 2.05) is 30.3 Å². The molecule has 6 heteroatoms. The summed E-state index contributed by atoms with van der Waals surface area (Å²) in [6, 6.07) is 11.2. The van der Waals surface area contributed by atoms with Crippen LogP contribution in [0.5, 0.6) is 0 Å². The number of hydrogen-bond acceptors (Lipinski definition) is 4. The molecule has 0 saturated heterocycles. The first kappa shape index (κ1) is 16.2. The molecule has 1 aromatic heterocycles. The van der Waals surface area contributed by atoms with Gasteiger partial charge in [-0.25, -0.2) is 0 Å². The summed E-state index contributed by atoms with van der Waals surface area (Å²) in [6.07, 6.45) is 1.76. The molecule has 0 radical (unpaired) electrons. The molecule has 0 aliphatic rings. The van der Waals surface area contributed by atoms with Gasteiger partial charge in [-0.05, 0) is 19.4 Å². The lowest BCUT2D eigenvalue weighted by atomic mass is 10.1. The summed E-state index contributed by atoms with van der Waals surface area (Å²) in [7, 11) is 0. The van der Waals surface area contributed by atoms with Crippen molar-refractivity contribution in [3.05, 3.63) is 42.1 Å². The van der Waals surface area contributed by atoms with Crippen molar-refractivity contribution < 1.29 is 9.32 Å². The van der Waals surface area contributed by atoms with Crippen LogP contribution in [0.15, 0.2) is 40.9 Å². The number of nitrogens with two attached hydrogens (primary N) is 1. The third-order valence-corrected chi connectivity index (χ3v) is 2.72. The highest BCUT2D eigenvalue weighted by molar-refractivity contribution is 5.93. The fraction of sp³-hybridized carbons (Fsp3) is 0.286. The zero-order chi connectivity index (χ0) is 13.5. The van der Waals surface area contributed by atoms with Crippen LogP contribution in [-0.4, -0.2) is 24.2 Å². The minimum atomic E-state index is -0.219. The molecule has 1 amide bonds. The molecule has 0 aliphatic carbocycles. The van der Waals surface area contributed by atoms with Crippen LogP contribution in [0.2, 0.25) is 0 Å². The van der Waals surface area contributed by atoms with E-state index in [-0.39, 0.29) is 18.3 Å². The largest absolute Gasteiger partial charge is 0.355 e. The lowest BCUT2D eigenvalue weighted by Crippen LogP contribution is -2.25. The molecule has 2 rings (SSSR count). The van der Waals surface area contributed by atoms with Crippen LogP contribution in [0, 0.1) is 0 Å². The average Bonchev–Trinajstić information content (AvgIpc) is 2.94. The Bertz CT molecular complexity index is 528. The second-order valence-corrected chi connectivity index (χ2v) is 4.19. The number of hydrogen-bond donors (Lipinski definition) is 2. The molecule has 2 aromatic rings. The molecule has 0 bridgehead atoms. The first-order valence-electron chi connectivity index (χ1n) is 6.31. The molecule has 1 aromatic carbocycles. The topological polar surface area (TPSA) is 81.1 Å². The van der Waals surface area contributed by atoms with Gasteiger partial charge in [-0.1, -0.05) is 35.5 Å². The lowest BCUT2D eigenvalue weighted by Gasteiger charge is -2.00. The fourth-order valence-corrected chi connectivity index (χ4v) is 1.68. The van der Waals surface area contributed by atoms with E-state index in [1.54, 1.807) is 6.07 Å². The van der Waals surface area contributed by atoms with Gasteiger partial charge in [0.25, 0.3) is 5.91 Å². The van der Waals surface area contributed by atoms with Crippen molar-refractivity contribution in [3.8, 4) is 11.3 Å². The summed E-state index contributed by atoms with van der Waals surface area (Å²) >= 11 is 0. The number of nitrogens with zero attached hydrogens (tertiary/aromatic N) is 1. The Balaban J connectivity index is 0.00000200. The van der Waals surface area contributed by atoms with Crippen LogP contribution < -0.4 is 11.1 Å². The highest BCUT2D eigenvalue weighted by Crippen LogP contribution is 2.19. The predicted octanol–water partition coefficient (Wildman–Crippen LogP) is 2.23. The highest BCUT2D eigenvalue weighted by Gasteiger charge is 2.12. The predicted molar refractivity (Wildman–Crippen MR) is 79.8 cm³/mol. The quantitative estimate of drug-likeness (QED) is 0.801. The molecule has 1 heterocycles. The summed E-state index contributed by atoms with van der Waals surface area (Å²) in [4.78, 5) is 11.8. The van der Waals surface area contributed by atoms with Crippen molar-refractivity contribution in [1.82, 2.24) is 10.5 Å². The van der Waals surface area contributed by atoms with Crippen molar-refractivity contribution in [3.63, 3.8) is 0 Å². The molecule has 0 fully saturated rings. The van der Waals surface area contributed by atoms with Crippen LogP contribution in [0.4, 0.5) is 0 Å². The number of nitrogens with one attached hydrogen (secondary N) is 1. The van der Waals surface area contributed by atoms with Gasteiger partial charge in [0, 0.05) is 18.2 Å². The average molecular weight is 296 g/mol. The number of carbonyl (C=O) groups excluding carboxylic acids is 1. The SMILES string of the molecule is Cl.NCCCCNC(=O)c1cc(-c2ccccc2)on1. The van der Waals surface area contributed by atoms with Crippen LogP contribution in [-0.2, 0) is 0 Å². The standard InChI is InChI=1S/C14H17N3O2.ClH/c15-8-4-5-9-16-14(18)12-10-13(19-17-12)11-6-2-1-3-7-11;/h1-3,6-7,10H,4-5,8-9,15H2,(H,16,18);1H. The van der Waals surface area contributed by atoms with Crippen molar-refractivity contribution in [2.24, 2.45) is 5.73 Å². The van der Waals surface area contributed by atoms with E-state index in [0.29, 0.717) is 24.5 Å². The Morgan fingerprint density at radius 2 is 2.00 bits per heavy atom. The summed E-state index contributed by atoms with van der Waals surface area (Å²) in [5, 5.41) is 6.56. The van der Waals surface area contributed by atoms with E-state index in [0.717, 1.165) is 18.4 Å². The summed E-state index contributed by atoms with van der Waals surface area (Å²) < 4.78 is 5.17.